The largest absolute Gasteiger partial charge is 0.493 e. The van der Waals surface area contributed by atoms with Gasteiger partial charge in [0.2, 0.25) is 0 Å². The zero-order valence-electron chi connectivity index (χ0n) is 11.0. The smallest absolute Gasteiger partial charge is 0.306 e. The molecule has 0 aromatic heterocycles. The summed E-state index contributed by atoms with van der Waals surface area (Å²) in [4.78, 5) is 11.3. The van der Waals surface area contributed by atoms with Gasteiger partial charge in [-0.25, -0.2) is 0 Å². The van der Waals surface area contributed by atoms with Crippen molar-refractivity contribution in [2.24, 2.45) is 0 Å². The van der Waals surface area contributed by atoms with Crippen molar-refractivity contribution in [3.8, 4) is 11.5 Å². The second kappa shape index (κ2) is 6.74. The summed E-state index contributed by atoms with van der Waals surface area (Å²) in [5.41, 5.74) is 7.26. The van der Waals surface area contributed by atoms with E-state index in [0.717, 1.165) is 5.56 Å². The van der Waals surface area contributed by atoms with Crippen LogP contribution in [0.25, 0.3) is 0 Å². The van der Waals surface area contributed by atoms with Crippen LogP contribution in [0.1, 0.15) is 18.9 Å². The lowest BCUT2D eigenvalue weighted by Crippen LogP contribution is -2.06. The molecule has 0 atom stereocenters. The molecule has 0 aliphatic carbocycles. The van der Waals surface area contributed by atoms with Gasteiger partial charge >= 0.3 is 5.97 Å². The van der Waals surface area contributed by atoms with E-state index in [1.54, 1.807) is 20.1 Å². The van der Waals surface area contributed by atoms with Crippen molar-refractivity contribution in [1.29, 1.82) is 0 Å². The summed E-state index contributed by atoms with van der Waals surface area (Å²) in [5, 5.41) is 0. The van der Waals surface area contributed by atoms with Gasteiger partial charge in [0, 0.05) is 6.42 Å². The van der Waals surface area contributed by atoms with Crippen LogP contribution >= 0.6 is 0 Å². The Morgan fingerprint density at radius 1 is 1.28 bits per heavy atom. The molecule has 0 aliphatic heterocycles. The van der Waals surface area contributed by atoms with Crippen LogP contribution in [0.15, 0.2) is 12.1 Å². The van der Waals surface area contributed by atoms with Gasteiger partial charge in [0.1, 0.15) is 0 Å². The maximum Gasteiger partial charge on any atom is 0.306 e. The highest BCUT2D eigenvalue weighted by Gasteiger charge is 2.11. The highest BCUT2D eigenvalue weighted by Crippen LogP contribution is 2.34. The lowest BCUT2D eigenvalue weighted by atomic mass is 10.1. The van der Waals surface area contributed by atoms with Crippen molar-refractivity contribution in [2.75, 3.05) is 26.6 Å². The van der Waals surface area contributed by atoms with Crippen LogP contribution in [0.3, 0.4) is 0 Å². The predicted octanol–water partition coefficient (Wildman–Crippen LogP) is 1.78. The van der Waals surface area contributed by atoms with Crippen molar-refractivity contribution in [2.45, 2.75) is 19.8 Å². The molecule has 1 aromatic rings. The number of esters is 1. The molecule has 0 saturated heterocycles. The van der Waals surface area contributed by atoms with E-state index in [1.165, 1.54) is 7.11 Å². The number of rotatable bonds is 6. The number of benzene rings is 1. The fourth-order valence-electron chi connectivity index (χ4n) is 1.68. The first-order valence-electron chi connectivity index (χ1n) is 5.78. The van der Waals surface area contributed by atoms with Gasteiger partial charge in [-0.1, -0.05) is 0 Å². The first kappa shape index (κ1) is 14.2. The number of methoxy groups -OCH3 is 2. The number of carbonyl (C=O) groups excluding carboxylic acids is 1. The lowest BCUT2D eigenvalue weighted by molar-refractivity contribution is -0.143. The molecule has 2 N–H and O–H groups in total. The molecule has 100 valence electrons. The second-order valence-corrected chi connectivity index (χ2v) is 3.73. The van der Waals surface area contributed by atoms with Crippen LogP contribution in [0, 0.1) is 0 Å². The van der Waals surface area contributed by atoms with Gasteiger partial charge in [-0.15, -0.1) is 0 Å². The Morgan fingerprint density at radius 2 is 2.00 bits per heavy atom. The number of hydrogen-bond donors (Lipinski definition) is 1. The topological polar surface area (TPSA) is 70.8 Å². The normalized spacial score (nSPS) is 9.94. The average molecular weight is 253 g/mol. The molecule has 18 heavy (non-hydrogen) atoms. The first-order valence-corrected chi connectivity index (χ1v) is 5.78. The first-order chi connectivity index (χ1) is 8.62. The van der Waals surface area contributed by atoms with E-state index < -0.39 is 0 Å². The molecule has 1 rings (SSSR count). The van der Waals surface area contributed by atoms with E-state index in [1.807, 2.05) is 6.07 Å². The van der Waals surface area contributed by atoms with Gasteiger partial charge in [-0.05, 0) is 31.0 Å². The third-order valence-corrected chi connectivity index (χ3v) is 2.49. The van der Waals surface area contributed by atoms with Crippen LogP contribution in [-0.4, -0.2) is 26.8 Å². The summed E-state index contributed by atoms with van der Waals surface area (Å²) in [6.45, 7) is 2.18. The summed E-state index contributed by atoms with van der Waals surface area (Å²) in [6, 6.07) is 3.59. The van der Waals surface area contributed by atoms with Crippen molar-refractivity contribution >= 4 is 11.7 Å². The van der Waals surface area contributed by atoms with Crippen molar-refractivity contribution < 1.29 is 19.0 Å². The minimum absolute atomic E-state index is 0.217. The molecule has 0 unspecified atom stereocenters. The molecule has 0 bridgehead atoms. The highest BCUT2D eigenvalue weighted by atomic mass is 16.5. The van der Waals surface area contributed by atoms with Crippen molar-refractivity contribution in [1.82, 2.24) is 0 Å². The van der Waals surface area contributed by atoms with E-state index in [-0.39, 0.29) is 5.97 Å². The van der Waals surface area contributed by atoms with Crippen LogP contribution in [-0.2, 0) is 16.0 Å². The van der Waals surface area contributed by atoms with Crippen molar-refractivity contribution in [3.05, 3.63) is 17.7 Å². The Bertz CT molecular complexity index is 418. The van der Waals surface area contributed by atoms with Gasteiger partial charge < -0.3 is 19.9 Å². The third-order valence-electron chi connectivity index (χ3n) is 2.49. The monoisotopic (exact) mass is 253 g/mol. The Balaban J connectivity index is 2.78. The molecule has 5 heteroatoms. The maximum atomic E-state index is 11.3. The SMILES string of the molecule is CCOC(=O)CCc1cc(N)c(OC)c(OC)c1. The van der Waals surface area contributed by atoms with E-state index in [9.17, 15) is 4.79 Å². The minimum atomic E-state index is -0.217. The quantitative estimate of drug-likeness (QED) is 0.618. The van der Waals surface area contributed by atoms with Crippen LogP contribution < -0.4 is 15.2 Å². The molecule has 0 heterocycles. The summed E-state index contributed by atoms with van der Waals surface area (Å²) >= 11 is 0. The van der Waals surface area contributed by atoms with E-state index in [2.05, 4.69) is 0 Å². The zero-order chi connectivity index (χ0) is 13.5. The number of aryl methyl sites for hydroxylation is 1. The summed E-state index contributed by atoms with van der Waals surface area (Å²) < 4.78 is 15.2. The zero-order valence-corrected chi connectivity index (χ0v) is 11.0. The minimum Gasteiger partial charge on any atom is -0.493 e. The molecule has 0 fully saturated rings. The lowest BCUT2D eigenvalue weighted by Gasteiger charge is -2.12. The van der Waals surface area contributed by atoms with Gasteiger partial charge in [-0.2, -0.15) is 0 Å². The third kappa shape index (κ3) is 3.55. The predicted molar refractivity (Wildman–Crippen MR) is 68.9 cm³/mol. The number of anilines is 1. The van der Waals surface area contributed by atoms with Gasteiger partial charge in [0.15, 0.2) is 11.5 Å². The van der Waals surface area contributed by atoms with Crippen LogP contribution in [0.2, 0.25) is 0 Å². The molecular weight excluding hydrogens is 234 g/mol. The molecule has 0 spiro atoms. The number of hydrogen-bond acceptors (Lipinski definition) is 5. The molecule has 0 saturated carbocycles. The van der Waals surface area contributed by atoms with Crippen LogP contribution in [0.5, 0.6) is 11.5 Å². The van der Waals surface area contributed by atoms with Gasteiger partial charge in [-0.3, -0.25) is 4.79 Å². The summed E-state index contributed by atoms with van der Waals surface area (Å²) in [7, 11) is 3.08. The van der Waals surface area contributed by atoms with E-state index in [4.69, 9.17) is 19.9 Å². The van der Waals surface area contributed by atoms with Gasteiger partial charge in [0.25, 0.3) is 0 Å². The summed E-state index contributed by atoms with van der Waals surface area (Å²) in [5.74, 6) is 0.861. The number of nitrogens with two attached hydrogens (primary N) is 1. The number of ether oxygens (including phenoxy) is 3. The molecule has 0 aliphatic rings. The Labute approximate surface area is 107 Å². The fourth-order valence-corrected chi connectivity index (χ4v) is 1.68. The molecular formula is C13H19NO4. The summed E-state index contributed by atoms with van der Waals surface area (Å²) in [6.07, 6.45) is 0.881. The van der Waals surface area contributed by atoms with E-state index >= 15 is 0 Å². The molecule has 0 radical (unpaired) electrons. The maximum absolute atomic E-state index is 11.3. The highest BCUT2D eigenvalue weighted by molar-refractivity contribution is 5.70. The Hall–Kier alpha value is -1.91. The van der Waals surface area contributed by atoms with Crippen molar-refractivity contribution in [3.63, 3.8) is 0 Å². The van der Waals surface area contributed by atoms with Gasteiger partial charge in [0.05, 0.1) is 26.5 Å². The Kier molecular flexibility index (Phi) is 5.30. The second-order valence-electron chi connectivity index (χ2n) is 3.73. The molecule has 0 amide bonds. The number of nitrogen functional groups attached to an aromatic ring is 1. The standard InChI is InChI=1S/C13H19NO4/c1-4-18-12(15)6-5-9-7-10(14)13(17-3)11(8-9)16-2/h7-8H,4-6,14H2,1-3H3. The molecule has 5 nitrogen and oxygen atoms in total. The van der Waals surface area contributed by atoms with E-state index in [0.29, 0.717) is 36.6 Å². The fraction of sp³-hybridized carbons (Fsp3) is 0.462. The Morgan fingerprint density at radius 3 is 2.56 bits per heavy atom. The molecule has 1 aromatic carbocycles. The van der Waals surface area contributed by atoms with Crippen LogP contribution in [0.4, 0.5) is 5.69 Å². The number of carbonyl (C=O) groups is 1. The average Bonchev–Trinajstić information content (AvgIpc) is 2.36.